The van der Waals surface area contributed by atoms with E-state index in [0.717, 1.165) is 11.2 Å². The van der Waals surface area contributed by atoms with Gasteiger partial charge in [0.1, 0.15) is 22.9 Å². The van der Waals surface area contributed by atoms with Gasteiger partial charge in [0.2, 0.25) is 5.95 Å². The second kappa shape index (κ2) is 12.0. The fourth-order valence-electron chi connectivity index (χ4n) is 4.69. The van der Waals surface area contributed by atoms with Crippen LogP contribution in [-0.2, 0) is 7.05 Å². The van der Waals surface area contributed by atoms with E-state index in [-0.39, 0.29) is 20.2 Å². The Labute approximate surface area is 258 Å². The Kier molecular flexibility index (Phi) is 7.82. The number of hydrogen-bond acceptors (Lipinski definition) is 7. The second-order valence-electron chi connectivity index (χ2n) is 9.96. The number of hydrogen-bond donors (Lipinski definition) is 2. The summed E-state index contributed by atoms with van der Waals surface area (Å²) in [6.45, 7) is -1.43. The van der Waals surface area contributed by atoms with E-state index in [1.807, 2.05) is 52.8 Å². The fourth-order valence-corrected chi connectivity index (χ4v) is 4.69. The first-order chi connectivity index (χ1) is 21.7. The largest absolute Gasteiger partial charge is 0.483 e. The number of ether oxygens (including phenoxy) is 2. The number of nitrogens with zero attached hydrogens (tertiary/aromatic N) is 5. The van der Waals surface area contributed by atoms with E-state index in [0.29, 0.717) is 39.8 Å². The lowest BCUT2D eigenvalue weighted by atomic mass is 10.1. The molecule has 1 amide bonds. The Balaban J connectivity index is 0.00000250. The molecule has 0 aliphatic heterocycles. The number of pyridine rings is 2. The first-order valence-electron chi connectivity index (χ1n) is 13.7. The Hall–Kier alpha value is -5.85. The van der Waals surface area contributed by atoms with Gasteiger partial charge >= 0.3 is 6.18 Å². The van der Waals surface area contributed by atoms with Gasteiger partial charge in [-0.15, -0.1) is 0 Å². The number of alkyl halides is 3. The van der Waals surface area contributed by atoms with Crippen molar-refractivity contribution in [1.82, 2.24) is 29.4 Å². The van der Waals surface area contributed by atoms with Crippen molar-refractivity contribution in [3.63, 3.8) is 0 Å². The van der Waals surface area contributed by atoms with Gasteiger partial charge in [0.05, 0.1) is 22.9 Å². The van der Waals surface area contributed by atoms with Crippen LogP contribution in [0.3, 0.4) is 0 Å². The molecule has 4 aromatic heterocycles. The van der Waals surface area contributed by atoms with Crippen LogP contribution in [-0.4, -0.2) is 49.8 Å². The maximum Gasteiger partial charge on any atom is 0.422 e. The quantitative estimate of drug-likeness (QED) is 0.177. The van der Waals surface area contributed by atoms with E-state index >= 15 is 0 Å². The maximum atomic E-state index is 13.1. The molecule has 2 aromatic carbocycles. The minimum Gasteiger partial charge on any atom is -0.483 e. The summed E-state index contributed by atoms with van der Waals surface area (Å²) in [5.74, 6) is 1.16. The van der Waals surface area contributed by atoms with E-state index < -0.39 is 12.8 Å². The van der Waals surface area contributed by atoms with Crippen molar-refractivity contribution in [1.29, 1.82) is 0 Å². The van der Waals surface area contributed by atoms with Crippen molar-refractivity contribution < 1.29 is 30.3 Å². The molecule has 0 radical (unpaired) electrons. The third kappa shape index (κ3) is 6.56. The number of halogens is 3. The molecule has 232 valence electrons. The van der Waals surface area contributed by atoms with Crippen molar-refractivity contribution in [2.45, 2.75) is 6.18 Å². The lowest BCUT2D eigenvalue weighted by Crippen LogP contribution is -2.19. The Morgan fingerprint density at radius 1 is 1.00 bits per heavy atom. The predicted octanol–water partition coefficient (Wildman–Crippen LogP) is 7.15. The standard InChI is InChI=1S/C32H26F3N7O3.2H2/c1-36-30(43)27-16-24(9-10-38-27)45-23-6-7-28-26(15-23)40-31(41(28)2)39-21-5-8-29(44-19-32(33,34)35)25(14-21)20-13-22(18-37-17-20)42-11-3-4-12-42;;/h3-18H,19H2,1-2H3,(H,36,43)(H,39,40);2*1H. The van der Waals surface area contributed by atoms with E-state index in [4.69, 9.17) is 14.5 Å². The van der Waals surface area contributed by atoms with Gasteiger partial charge in [0.25, 0.3) is 5.91 Å². The molecule has 4 heterocycles. The summed E-state index contributed by atoms with van der Waals surface area (Å²) in [6.07, 6.45) is 3.92. The van der Waals surface area contributed by atoms with Gasteiger partial charge in [-0.3, -0.25) is 14.8 Å². The molecule has 0 aliphatic rings. The van der Waals surface area contributed by atoms with Crippen molar-refractivity contribution in [3.05, 3.63) is 103 Å². The molecule has 6 rings (SSSR count). The number of carbonyl (C=O) groups is 1. The van der Waals surface area contributed by atoms with Crippen LogP contribution in [0.5, 0.6) is 17.2 Å². The number of carbonyl (C=O) groups excluding carboxylic acids is 1. The van der Waals surface area contributed by atoms with E-state index in [1.165, 1.54) is 25.4 Å². The van der Waals surface area contributed by atoms with Crippen molar-refractivity contribution in [3.8, 4) is 34.1 Å². The summed E-state index contributed by atoms with van der Waals surface area (Å²) in [7, 11) is 3.36. The average Bonchev–Trinajstić information content (AvgIpc) is 3.68. The van der Waals surface area contributed by atoms with Crippen LogP contribution in [0.4, 0.5) is 24.8 Å². The second-order valence-corrected chi connectivity index (χ2v) is 9.96. The summed E-state index contributed by atoms with van der Waals surface area (Å²) in [4.78, 5) is 25.0. The number of imidazole rings is 1. The molecule has 10 nitrogen and oxygen atoms in total. The molecule has 13 heteroatoms. The Bertz CT molecular complexity index is 2000. The highest BCUT2D eigenvalue weighted by molar-refractivity contribution is 5.92. The van der Waals surface area contributed by atoms with Gasteiger partial charge in [-0.05, 0) is 54.6 Å². The van der Waals surface area contributed by atoms with E-state index in [9.17, 15) is 18.0 Å². The zero-order chi connectivity index (χ0) is 31.6. The maximum absolute atomic E-state index is 13.1. The van der Waals surface area contributed by atoms with Crippen LogP contribution in [0.2, 0.25) is 0 Å². The number of benzene rings is 2. The monoisotopic (exact) mass is 617 g/mol. The molecule has 0 spiro atoms. The minimum atomic E-state index is -4.50. The van der Waals surface area contributed by atoms with Gasteiger partial charge in [-0.25, -0.2) is 4.98 Å². The highest BCUT2D eigenvalue weighted by Crippen LogP contribution is 2.36. The van der Waals surface area contributed by atoms with Crippen molar-refractivity contribution in [2.24, 2.45) is 7.05 Å². The van der Waals surface area contributed by atoms with Crippen LogP contribution in [0.15, 0.2) is 97.7 Å². The summed E-state index contributed by atoms with van der Waals surface area (Å²) >= 11 is 0. The van der Waals surface area contributed by atoms with E-state index in [2.05, 4.69) is 20.6 Å². The average molecular weight is 618 g/mol. The summed E-state index contributed by atoms with van der Waals surface area (Å²) < 4.78 is 54.0. The summed E-state index contributed by atoms with van der Waals surface area (Å²) in [5, 5.41) is 5.79. The molecule has 0 saturated heterocycles. The Morgan fingerprint density at radius 2 is 1.80 bits per heavy atom. The third-order valence-electron chi connectivity index (χ3n) is 6.84. The third-order valence-corrected chi connectivity index (χ3v) is 6.84. The molecular weight excluding hydrogens is 587 g/mol. The molecule has 6 aromatic rings. The van der Waals surface area contributed by atoms with Crippen LogP contribution >= 0.6 is 0 Å². The van der Waals surface area contributed by atoms with Gasteiger partial charge in [0, 0.05) is 70.7 Å². The first-order valence-corrected chi connectivity index (χ1v) is 13.7. The summed E-state index contributed by atoms with van der Waals surface area (Å²) in [5.41, 5.74) is 3.97. The number of anilines is 2. The molecule has 0 bridgehead atoms. The van der Waals surface area contributed by atoms with Crippen LogP contribution in [0, 0.1) is 0 Å². The lowest BCUT2D eigenvalue weighted by Gasteiger charge is -2.16. The van der Waals surface area contributed by atoms with Crippen LogP contribution < -0.4 is 20.1 Å². The molecule has 2 N–H and O–H groups in total. The molecule has 0 fully saturated rings. The molecule has 0 atom stereocenters. The zero-order valence-electron chi connectivity index (χ0n) is 24.0. The normalized spacial score (nSPS) is 11.4. The fraction of sp³-hybridized carbons (Fsp3) is 0.125. The number of fused-ring (bicyclic) bond motifs is 1. The van der Waals surface area contributed by atoms with Crippen LogP contribution in [0.1, 0.15) is 13.3 Å². The lowest BCUT2D eigenvalue weighted by molar-refractivity contribution is -0.153. The molecule has 0 unspecified atom stereocenters. The van der Waals surface area contributed by atoms with Gasteiger partial charge in [0.15, 0.2) is 6.61 Å². The Morgan fingerprint density at radius 3 is 2.58 bits per heavy atom. The van der Waals surface area contributed by atoms with Crippen molar-refractivity contribution in [2.75, 3.05) is 19.0 Å². The number of nitrogens with one attached hydrogen (secondary N) is 2. The highest BCUT2D eigenvalue weighted by Gasteiger charge is 2.29. The predicted molar refractivity (Wildman–Crippen MR) is 166 cm³/mol. The molecule has 0 aliphatic carbocycles. The highest BCUT2D eigenvalue weighted by atomic mass is 19.4. The molecule has 0 saturated carbocycles. The van der Waals surface area contributed by atoms with E-state index in [1.54, 1.807) is 42.7 Å². The topological polar surface area (TPSA) is 108 Å². The van der Waals surface area contributed by atoms with Crippen molar-refractivity contribution >= 4 is 28.6 Å². The zero-order valence-corrected chi connectivity index (χ0v) is 24.0. The SMILES string of the molecule is CNC(=O)c1cc(Oc2ccc3c(c2)nc(Nc2ccc(OCC(F)(F)F)c(-c4cncc(-n5cccc5)c4)c2)n3C)ccn1.[HH].[HH]. The number of aryl methyl sites for hydroxylation is 1. The minimum absolute atomic E-state index is 0. The summed E-state index contributed by atoms with van der Waals surface area (Å²) in [6, 6.07) is 18.9. The first kappa shape index (κ1) is 29.2. The van der Waals surface area contributed by atoms with Crippen LogP contribution in [0.25, 0.3) is 27.8 Å². The smallest absolute Gasteiger partial charge is 0.422 e. The van der Waals surface area contributed by atoms with Gasteiger partial charge in [-0.2, -0.15) is 13.2 Å². The van der Waals surface area contributed by atoms with Gasteiger partial charge < -0.3 is 29.2 Å². The molecular formula is C32H30F3N7O3. The van der Waals surface area contributed by atoms with Gasteiger partial charge in [-0.1, -0.05) is 0 Å². The number of amides is 1. The number of aromatic nitrogens is 5. The molecule has 45 heavy (non-hydrogen) atoms. The number of rotatable bonds is 9.